The Morgan fingerprint density at radius 2 is 2.06 bits per heavy atom. The van der Waals surface area contributed by atoms with Crippen molar-refractivity contribution in [2.24, 2.45) is 0 Å². The third kappa shape index (κ3) is 1.94. The van der Waals surface area contributed by atoms with Crippen LogP contribution in [0.5, 0.6) is 5.75 Å². The third-order valence-electron chi connectivity index (χ3n) is 3.82. The van der Waals surface area contributed by atoms with Crippen molar-refractivity contribution in [1.82, 2.24) is 0 Å². The Hall–Kier alpha value is -1.06. The number of benzene rings is 1. The number of hydrogen-bond donors (Lipinski definition) is 1. The van der Waals surface area contributed by atoms with Gasteiger partial charge in [-0.1, -0.05) is 11.6 Å². The highest BCUT2D eigenvalue weighted by Crippen LogP contribution is 2.44. The van der Waals surface area contributed by atoms with Crippen LogP contribution in [-0.2, 0) is 4.74 Å². The van der Waals surface area contributed by atoms with Crippen LogP contribution in [0.25, 0.3) is 0 Å². The third-order valence-corrected chi connectivity index (χ3v) is 3.82. The van der Waals surface area contributed by atoms with E-state index in [-0.39, 0.29) is 5.60 Å². The van der Waals surface area contributed by atoms with Gasteiger partial charge in [-0.25, -0.2) is 0 Å². The molecule has 3 heteroatoms. The molecule has 2 heterocycles. The predicted molar refractivity (Wildman–Crippen MR) is 64.2 cm³/mol. The van der Waals surface area contributed by atoms with Crippen molar-refractivity contribution in [3.63, 3.8) is 0 Å². The largest absolute Gasteiger partial charge is 0.487 e. The number of aliphatic hydroxyl groups excluding tert-OH is 1. The quantitative estimate of drug-likeness (QED) is 0.749. The van der Waals surface area contributed by atoms with Gasteiger partial charge in [-0.3, -0.25) is 0 Å². The summed E-state index contributed by atoms with van der Waals surface area (Å²) in [6.45, 7) is 3.49. The first-order chi connectivity index (χ1) is 8.19. The molecular formula is C14H18O3. The maximum absolute atomic E-state index is 10.3. The minimum absolute atomic E-state index is 0.208. The van der Waals surface area contributed by atoms with Gasteiger partial charge in [-0.15, -0.1) is 0 Å². The van der Waals surface area contributed by atoms with Crippen molar-refractivity contribution >= 4 is 0 Å². The molecule has 0 radical (unpaired) electrons. The monoisotopic (exact) mass is 234 g/mol. The van der Waals surface area contributed by atoms with E-state index in [4.69, 9.17) is 9.47 Å². The topological polar surface area (TPSA) is 38.7 Å². The van der Waals surface area contributed by atoms with E-state index < -0.39 is 6.10 Å². The van der Waals surface area contributed by atoms with Gasteiger partial charge in [0.15, 0.2) is 0 Å². The molecule has 0 bridgehead atoms. The Bertz CT molecular complexity index is 421. The molecule has 1 N–H and O–H groups in total. The summed E-state index contributed by atoms with van der Waals surface area (Å²) in [6, 6.07) is 6.03. The van der Waals surface area contributed by atoms with E-state index in [9.17, 15) is 5.11 Å². The molecule has 0 amide bonds. The molecule has 0 unspecified atom stereocenters. The van der Waals surface area contributed by atoms with Gasteiger partial charge in [-0.05, 0) is 19.1 Å². The lowest BCUT2D eigenvalue weighted by molar-refractivity contribution is -0.0839. The number of fused-ring (bicyclic) bond motifs is 1. The lowest BCUT2D eigenvalue weighted by atomic mass is 9.83. The fraction of sp³-hybridized carbons (Fsp3) is 0.571. The van der Waals surface area contributed by atoms with Crippen molar-refractivity contribution in [3.05, 3.63) is 29.3 Å². The fourth-order valence-corrected chi connectivity index (χ4v) is 2.81. The maximum atomic E-state index is 10.3. The van der Waals surface area contributed by atoms with Crippen LogP contribution in [0.3, 0.4) is 0 Å². The molecule has 17 heavy (non-hydrogen) atoms. The molecule has 3 rings (SSSR count). The average Bonchev–Trinajstić information content (AvgIpc) is 2.31. The summed E-state index contributed by atoms with van der Waals surface area (Å²) in [5.41, 5.74) is 1.89. The van der Waals surface area contributed by atoms with E-state index in [0.29, 0.717) is 6.42 Å². The SMILES string of the molecule is Cc1ccc2c(c1)[C@@H](O)CC1(CCOCC1)O2. The van der Waals surface area contributed by atoms with Crippen LogP contribution in [-0.4, -0.2) is 23.9 Å². The highest BCUT2D eigenvalue weighted by molar-refractivity contribution is 5.40. The summed E-state index contributed by atoms with van der Waals surface area (Å²) < 4.78 is 11.5. The number of rotatable bonds is 0. The average molecular weight is 234 g/mol. The standard InChI is InChI=1S/C14H18O3/c1-10-2-3-13-11(8-10)12(15)9-14(17-13)4-6-16-7-5-14/h2-3,8,12,15H,4-7,9H2,1H3/t12-/m0/s1. The van der Waals surface area contributed by atoms with E-state index in [1.807, 2.05) is 25.1 Å². The van der Waals surface area contributed by atoms with Crippen LogP contribution in [0.2, 0.25) is 0 Å². The van der Waals surface area contributed by atoms with Crippen molar-refractivity contribution < 1.29 is 14.6 Å². The second-order valence-electron chi connectivity index (χ2n) is 5.16. The molecule has 1 fully saturated rings. The van der Waals surface area contributed by atoms with Crippen molar-refractivity contribution in [2.45, 2.75) is 37.9 Å². The Kier molecular flexibility index (Phi) is 2.60. The van der Waals surface area contributed by atoms with E-state index in [1.54, 1.807) is 0 Å². The molecule has 1 atom stereocenters. The summed E-state index contributed by atoms with van der Waals surface area (Å²) in [5, 5.41) is 10.3. The smallest absolute Gasteiger partial charge is 0.125 e. The van der Waals surface area contributed by atoms with Crippen molar-refractivity contribution in [1.29, 1.82) is 0 Å². The highest BCUT2D eigenvalue weighted by Gasteiger charge is 2.41. The minimum atomic E-state index is -0.406. The molecule has 2 aliphatic heterocycles. The van der Waals surface area contributed by atoms with Crippen LogP contribution in [0.15, 0.2) is 18.2 Å². The van der Waals surface area contributed by atoms with Gasteiger partial charge in [0.2, 0.25) is 0 Å². The molecule has 1 spiro atoms. The van der Waals surface area contributed by atoms with Gasteiger partial charge in [0.25, 0.3) is 0 Å². The molecule has 92 valence electrons. The Morgan fingerprint density at radius 1 is 1.29 bits per heavy atom. The number of ether oxygens (including phenoxy) is 2. The molecule has 0 aliphatic carbocycles. The van der Waals surface area contributed by atoms with Crippen LogP contribution < -0.4 is 4.74 Å². The van der Waals surface area contributed by atoms with Gasteiger partial charge in [0.1, 0.15) is 11.4 Å². The summed E-state index contributed by atoms with van der Waals surface area (Å²) in [5.74, 6) is 0.844. The molecule has 2 aliphatic rings. The first kappa shape index (κ1) is 11.1. The van der Waals surface area contributed by atoms with E-state index in [1.165, 1.54) is 0 Å². The normalized spacial score (nSPS) is 26.4. The zero-order valence-electron chi connectivity index (χ0n) is 10.1. The molecular weight excluding hydrogens is 216 g/mol. The summed E-state index contributed by atoms with van der Waals surface area (Å²) in [7, 11) is 0. The predicted octanol–water partition coefficient (Wildman–Crippen LogP) is 2.36. The van der Waals surface area contributed by atoms with Gasteiger partial charge >= 0.3 is 0 Å². The van der Waals surface area contributed by atoms with E-state index in [2.05, 4.69) is 0 Å². The van der Waals surface area contributed by atoms with Crippen LogP contribution in [0, 0.1) is 6.92 Å². The van der Waals surface area contributed by atoms with Crippen LogP contribution >= 0.6 is 0 Å². The highest BCUT2D eigenvalue weighted by atomic mass is 16.5. The van der Waals surface area contributed by atoms with Gasteiger partial charge in [0, 0.05) is 24.8 Å². The Morgan fingerprint density at radius 3 is 2.82 bits per heavy atom. The molecule has 1 saturated heterocycles. The lowest BCUT2D eigenvalue weighted by Crippen LogP contribution is -2.45. The van der Waals surface area contributed by atoms with Crippen LogP contribution in [0.1, 0.15) is 36.5 Å². The second-order valence-corrected chi connectivity index (χ2v) is 5.16. The number of aryl methyl sites for hydroxylation is 1. The summed E-state index contributed by atoms with van der Waals surface area (Å²) in [6.07, 6.45) is 2.03. The lowest BCUT2D eigenvalue weighted by Gasteiger charge is -2.43. The molecule has 0 aromatic heterocycles. The van der Waals surface area contributed by atoms with Gasteiger partial charge < -0.3 is 14.6 Å². The van der Waals surface area contributed by atoms with Crippen LogP contribution in [0.4, 0.5) is 0 Å². The first-order valence-electron chi connectivity index (χ1n) is 6.24. The number of aliphatic hydroxyl groups is 1. The summed E-state index contributed by atoms with van der Waals surface area (Å²) in [4.78, 5) is 0. The first-order valence-corrected chi connectivity index (χ1v) is 6.24. The zero-order valence-corrected chi connectivity index (χ0v) is 10.1. The Balaban J connectivity index is 1.94. The summed E-state index contributed by atoms with van der Waals surface area (Å²) >= 11 is 0. The minimum Gasteiger partial charge on any atom is -0.487 e. The second kappa shape index (κ2) is 4.00. The molecule has 1 aromatic carbocycles. The van der Waals surface area contributed by atoms with Gasteiger partial charge in [-0.2, -0.15) is 0 Å². The Labute approximate surface area is 101 Å². The van der Waals surface area contributed by atoms with E-state index in [0.717, 1.165) is 42.9 Å². The molecule has 0 saturated carbocycles. The fourth-order valence-electron chi connectivity index (χ4n) is 2.81. The van der Waals surface area contributed by atoms with Crippen molar-refractivity contribution in [2.75, 3.05) is 13.2 Å². The zero-order chi connectivity index (χ0) is 11.9. The van der Waals surface area contributed by atoms with Crippen molar-refractivity contribution in [3.8, 4) is 5.75 Å². The number of hydrogen-bond acceptors (Lipinski definition) is 3. The molecule has 3 nitrogen and oxygen atoms in total. The van der Waals surface area contributed by atoms with E-state index >= 15 is 0 Å². The van der Waals surface area contributed by atoms with Gasteiger partial charge in [0.05, 0.1) is 19.3 Å². The maximum Gasteiger partial charge on any atom is 0.125 e. The molecule has 1 aromatic rings.